The molecule has 1 heterocycles. The zero-order chi connectivity index (χ0) is 10.7. The van der Waals surface area contributed by atoms with Crippen molar-refractivity contribution in [2.45, 2.75) is 6.43 Å². The third-order valence-electron chi connectivity index (χ3n) is 1.50. The van der Waals surface area contributed by atoms with Crippen molar-refractivity contribution in [3.63, 3.8) is 0 Å². The summed E-state index contributed by atoms with van der Waals surface area (Å²) in [6.07, 6.45) is -2.00. The Labute approximate surface area is 76.5 Å². The molecule has 14 heavy (non-hydrogen) atoms. The highest BCUT2D eigenvalue weighted by atomic mass is 19.3. The van der Waals surface area contributed by atoms with E-state index in [0.29, 0.717) is 0 Å². The van der Waals surface area contributed by atoms with Crippen molar-refractivity contribution in [1.82, 2.24) is 4.98 Å². The van der Waals surface area contributed by atoms with E-state index in [1.807, 2.05) is 0 Å². The first-order valence-electron chi connectivity index (χ1n) is 3.44. The van der Waals surface area contributed by atoms with Crippen molar-refractivity contribution in [3.05, 3.63) is 33.6 Å². The van der Waals surface area contributed by atoms with Gasteiger partial charge < -0.3 is 0 Å². The van der Waals surface area contributed by atoms with Crippen LogP contribution >= 0.6 is 0 Å². The van der Waals surface area contributed by atoms with Crippen LogP contribution < -0.4 is 0 Å². The van der Waals surface area contributed by atoms with Gasteiger partial charge in [0.1, 0.15) is 0 Å². The molecule has 0 unspecified atom stereocenters. The van der Waals surface area contributed by atoms with E-state index in [0.717, 1.165) is 12.3 Å². The van der Waals surface area contributed by atoms with Crippen LogP contribution in [0.25, 0.3) is 0 Å². The van der Waals surface area contributed by atoms with Crippen molar-refractivity contribution in [1.29, 1.82) is 0 Å². The second-order valence-corrected chi connectivity index (χ2v) is 2.31. The maximum Gasteiger partial charge on any atom is 0.307 e. The number of hydrogen-bond acceptors (Lipinski definition) is 4. The molecule has 74 valence electrons. The molecule has 0 aliphatic heterocycles. The molecule has 0 fully saturated rings. The number of aromatic nitrogens is 1. The van der Waals surface area contributed by atoms with E-state index in [1.54, 1.807) is 0 Å². The minimum absolute atomic E-state index is 0.145. The smallest absolute Gasteiger partial charge is 0.298 e. The summed E-state index contributed by atoms with van der Waals surface area (Å²) in [4.78, 5) is 22.8. The number of nitro groups is 1. The predicted octanol–water partition coefficient (Wildman–Crippen LogP) is 1.74. The summed E-state index contributed by atoms with van der Waals surface area (Å²) in [5, 5.41) is 10.4. The van der Waals surface area contributed by atoms with Crippen molar-refractivity contribution < 1.29 is 18.5 Å². The van der Waals surface area contributed by atoms with Crippen LogP contribution in [0.15, 0.2) is 12.3 Å². The lowest BCUT2D eigenvalue weighted by Gasteiger charge is -2.01. The van der Waals surface area contributed by atoms with Gasteiger partial charge in [0.15, 0.2) is 12.0 Å². The zero-order valence-corrected chi connectivity index (χ0v) is 6.68. The lowest BCUT2D eigenvalue weighted by atomic mass is 10.2. The Bertz CT molecular complexity index is 381. The molecule has 0 bridgehead atoms. The highest BCUT2D eigenvalue weighted by molar-refractivity contribution is 5.81. The van der Waals surface area contributed by atoms with E-state index in [9.17, 15) is 23.7 Å². The summed E-state index contributed by atoms with van der Waals surface area (Å²) in [6.45, 7) is 0. The molecule has 1 rings (SSSR count). The van der Waals surface area contributed by atoms with Gasteiger partial charge in [-0.3, -0.25) is 14.9 Å². The highest BCUT2D eigenvalue weighted by Crippen LogP contribution is 2.28. The molecule has 0 atom stereocenters. The summed E-state index contributed by atoms with van der Waals surface area (Å²) in [6, 6.07) is 1.01. The predicted molar refractivity (Wildman–Crippen MR) is 41.2 cm³/mol. The second kappa shape index (κ2) is 3.86. The number of pyridine rings is 1. The van der Waals surface area contributed by atoms with Gasteiger partial charge in [0.25, 0.3) is 6.43 Å². The Morgan fingerprint density at radius 3 is 2.64 bits per heavy atom. The van der Waals surface area contributed by atoms with Gasteiger partial charge in [0.2, 0.25) is 0 Å². The molecule has 5 nitrogen and oxygen atoms in total. The van der Waals surface area contributed by atoms with Gasteiger partial charge in [-0.05, 0) is 6.07 Å². The van der Waals surface area contributed by atoms with Gasteiger partial charge in [-0.25, -0.2) is 13.8 Å². The molecular formula is C7H4F2N2O3. The van der Waals surface area contributed by atoms with E-state index in [-0.39, 0.29) is 6.29 Å². The van der Waals surface area contributed by atoms with Gasteiger partial charge in [-0.1, -0.05) is 0 Å². The fraction of sp³-hybridized carbons (Fsp3) is 0.143. The Morgan fingerprint density at radius 1 is 1.57 bits per heavy atom. The number of halogens is 2. The molecule has 1 aromatic rings. The normalized spacial score (nSPS) is 10.2. The average molecular weight is 202 g/mol. The van der Waals surface area contributed by atoms with Crippen LogP contribution in [-0.4, -0.2) is 16.2 Å². The Morgan fingerprint density at radius 2 is 2.21 bits per heavy atom. The third kappa shape index (κ3) is 1.70. The molecule has 0 aliphatic rings. The molecule has 0 aromatic carbocycles. The molecule has 0 N–H and O–H groups in total. The lowest BCUT2D eigenvalue weighted by molar-refractivity contribution is -0.386. The van der Waals surface area contributed by atoms with E-state index in [2.05, 4.69) is 4.98 Å². The summed E-state index contributed by atoms with van der Waals surface area (Å²) in [5.74, 6) is 0. The number of carbonyl (C=O) groups excluding carboxylic acids is 1. The topological polar surface area (TPSA) is 73.1 Å². The monoisotopic (exact) mass is 202 g/mol. The lowest BCUT2D eigenvalue weighted by Crippen LogP contribution is -2.02. The number of carbonyl (C=O) groups is 1. The summed E-state index contributed by atoms with van der Waals surface area (Å²) < 4.78 is 24.4. The van der Waals surface area contributed by atoms with Crippen LogP contribution in [0, 0.1) is 10.1 Å². The first-order chi connectivity index (χ1) is 6.57. The molecule has 0 saturated heterocycles. The first-order valence-corrected chi connectivity index (χ1v) is 3.44. The number of alkyl halides is 2. The van der Waals surface area contributed by atoms with E-state index < -0.39 is 28.3 Å². The molecule has 7 heteroatoms. The van der Waals surface area contributed by atoms with Crippen LogP contribution in [0.2, 0.25) is 0 Å². The van der Waals surface area contributed by atoms with Crippen LogP contribution in [-0.2, 0) is 0 Å². The minimum Gasteiger partial charge on any atom is -0.298 e. The van der Waals surface area contributed by atoms with Crippen LogP contribution in [0.3, 0.4) is 0 Å². The van der Waals surface area contributed by atoms with Crippen molar-refractivity contribution in [2.24, 2.45) is 0 Å². The van der Waals surface area contributed by atoms with Gasteiger partial charge in [-0.15, -0.1) is 0 Å². The van der Waals surface area contributed by atoms with Crippen molar-refractivity contribution >= 4 is 12.0 Å². The van der Waals surface area contributed by atoms with E-state index in [4.69, 9.17) is 0 Å². The quantitative estimate of drug-likeness (QED) is 0.425. The van der Waals surface area contributed by atoms with Gasteiger partial charge in [-0.2, -0.15) is 0 Å². The minimum atomic E-state index is -3.07. The van der Waals surface area contributed by atoms with Gasteiger partial charge in [0.05, 0.1) is 10.5 Å². The molecule has 1 aromatic heterocycles. The number of rotatable bonds is 3. The number of hydrogen-bond donors (Lipinski definition) is 0. The van der Waals surface area contributed by atoms with Crippen molar-refractivity contribution in [3.8, 4) is 0 Å². The number of nitrogens with zero attached hydrogens (tertiary/aromatic N) is 2. The van der Waals surface area contributed by atoms with Crippen molar-refractivity contribution in [2.75, 3.05) is 0 Å². The SMILES string of the molecule is O=Cc1ccnc(C(F)F)c1[N+](=O)[O-]. The number of aldehydes is 1. The second-order valence-electron chi connectivity index (χ2n) is 2.31. The first kappa shape index (κ1) is 10.2. The summed E-state index contributed by atoms with van der Waals surface area (Å²) in [5.41, 5.74) is -2.32. The van der Waals surface area contributed by atoms with E-state index >= 15 is 0 Å². The Kier molecular flexibility index (Phi) is 2.80. The zero-order valence-electron chi connectivity index (χ0n) is 6.68. The average Bonchev–Trinajstić information content (AvgIpc) is 2.16. The Hall–Kier alpha value is -1.92. The van der Waals surface area contributed by atoms with Gasteiger partial charge >= 0.3 is 5.69 Å². The highest BCUT2D eigenvalue weighted by Gasteiger charge is 2.26. The molecular weight excluding hydrogens is 198 g/mol. The summed E-state index contributed by atoms with van der Waals surface area (Å²) >= 11 is 0. The fourth-order valence-electron chi connectivity index (χ4n) is 0.940. The van der Waals surface area contributed by atoms with Gasteiger partial charge in [0, 0.05) is 6.20 Å². The van der Waals surface area contributed by atoms with E-state index in [1.165, 1.54) is 0 Å². The standard InChI is InChI=1S/C7H4F2N2O3/c8-7(9)5-6(11(13)14)4(3-12)1-2-10-5/h1-3,7H. The Balaban J connectivity index is 3.43. The van der Waals surface area contributed by atoms with Crippen LogP contribution in [0.1, 0.15) is 22.5 Å². The maximum atomic E-state index is 12.2. The molecule has 0 saturated carbocycles. The van der Waals surface area contributed by atoms with Crippen LogP contribution in [0.4, 0.5) is 14.5 Å². The maximum absolute atomic E-state index is 12.2. The molecule has 0 radical (unpaired) electrons. The molecule has 0 amide bonds. The largest absolute Gasteiger partial charge is 0.307 e. The fourth-order valence-corrected chi connectivity index (χ4v) is 0.940. The molecule has 0 aliphatic carbocycles. The third-order valence-corrected chi connectivity index (χ3v) is 1.50. The molecule has 0 spiro atoms. The van der Waals surface area contributed by atoms with Crippen LogP contribution in [0.5, 0.6) is 0 Å². The summed E-state index contributed by atoms with van der Waals surface area (Å²) in [7, 11) is 0.